The predicted octanol–water partition coefficient (Wildman–Crippen LogP) is 3.98. The number of benzene rings is 2. The lowest BCUT2D eigenvalue weighted by Gasteiger charge is -2.25. The predicted molar refractivity (Wildman–Crippen MR) is 114 cm³/mol. The van der Waals surface area contributed by atoms with Gasteiger partial charge in [0.1, 0.15) is 11.7 Å². The Morgan fingerprint density at radius 3 is 2.53 bits per heavy atom. The average Bonchev–Trinajstić information content (AvgIpc) is 2.76. The molecule has 150 valence electrons. The highest BCUT2D eigenvalue weighted by atomic mass is 19.1. The minimum atomic E-state index is -0.464. The van der Waals surface area contributed by atoms with E-state index in [-0.39, 0.29) is 24.1 Å². The fraction of sp³-hybridized carbons (Fsp3) is 0.130. The molecule has 3 amide bonds. The van der Waals surface area contributed by atoms with Crippen molar-refractivity contribution in [3.63, 3.8) is 0 Å². The van der Waals surface area contributed by atoms with Crippen molar-refractivity contribution < 1.29 is 14.0 Å². The van der Waals surface area contributed by atoms with E-state index in [1.165, 1.54) is 29.2 Å². The summed E-state index contributed by atoms with van der Waals surface area (Å²) in [4.78, 5) is 35.4. The summed E-state index contributed by atoms with van der Waals surface area (Å²) in [6, 6.07) is 14.6. The molecule has 1 heterocycles. The topological polar surface area (TPSA) is 74.1 Å². The molecule has 6 nitrogen and oxygen atoms in total. The normalized spacial score (nSPS) is 17.1. The number of carbonyl (C=O) groups excluding carboxylic acids is 2. The fourth-order valence-electron chi connectivity index (χ4n) is 3.20. The molecule has 2 aromatic rings. The second-order valence-corrected chi connectivity index (χ2v) is 6.90. The third kappa shape index (κ3) is 4.57. The molecule has 0 aromatic heterocycles. The summed E-state index contributed by atoms with van der Waals surface area (Å²) in [5, 5.41) is 2.75. The number of allylic oxidation sites excluding steroid dienone is 3. The molecule has 0 saturated heterocycles. The molecule has 1 atom stereocenters. The number of hydrogen-bond acceptors (Lipinski definition) is 3. The van der Waals surface area contributed by atoms with E-state index in [0.29, 0.717) is 17.9 Å². The third-order valence-corrected chi connectivity index (χ3v) is 4.70. The third-order valence-electron chi connectivity index (χ3n) is 4.70. The summed E-state index contributed by atoms with van der Waals surface area (Å²) >= 11 is 0. The van der Waals surface area contributed by atoms with Crippen molar-refractivity contribution in [3.8, 4) is 0 Å². The number of rotatable bonds is 5. The molecule has 1 unspecified atom stereocenters. The van der Waals surface area contributed by atoms with Crippen LogP contribution in [0.5, 0.6) is 0 Å². The van der Waals surface area contributed by atoms with Crippen LogP contribution in [0, 0.1) is 11.7 Å². The van der Waals surface area contributed by atoms with Gasteiger partial charge in [-0.3, -0.25) is 4.79 Å². The number of urea groups is 1. The van der Waals surface area contributed by atoms with Crippen molar-refractivity contribution in [3.05, 3.63) is 90.3 Å². The van der Waals surface area contributed by atoms with Gasteiger partial charge in [-0.2, -0.15) is 4.99 Å². The zero-order valence-electron chi connectivity index (χ0n) is 16.0. The molecular formula is C23H19FN4O2. The number of hydrogen-bond donors (Lipinski definition) is 1. The summed E-state index contributed by atoms with van der Waals surface area (Å²) in [6.07, 6.45) is 7.14. The minimum Gasteiger partial charge on any atom is -0.313 e. The zero-order chi connectivity index (χ0) is 20.9. The molecule has 7 heteroatoms. The summed E-state index contributed by atoms with van der Waals surface area (Å²) in [5.74, 6) is -0.871. The van der Waals surface area contributed by atoms with E-state index in [1.807, 2.05) is 36.4 Å². The first kappa shape index (κ1) is 19.4. The SMILES string of the molecule is O=C1N=C(CN(Cc2ccccc2)C(=O)Nc2ccc(F)cc2)N=C2C=CC=CC12. The quantitative estimate of drug-likeness (QED) is 0.821. The number of amides is 3. The average molecular weight is 402 g/mol. The van der Waals surface area contributed by atoms with E-state index < -0.39 is 11.9 Å². The second kappa shape index (κ2) is 8.65. The lowest BCUT2D eigenvalue weighted by molar-refractivity contribution is -0.118. The van der Waals surface area contributed by atoms with Gasteiger partial charge in [-0.1, -0.05) is 48.6 Å². The van der Waals surface area contributed by atoms with Gasteiger partial charge < -0.3 is 10.2 Å². The number of amidine groups is 1. The number of anilines is 1. The molecule has 2 aromatic carbocycles. The summed E-state index contributed by atoms with van der Waals surface area (Å²) in [5.41, 5.74) is 2.00. The van der Waals surface area contributed by atoms with Crippen molar-refractivity contribution in [2.24, 2.45) is 15.9 Å². The van der Waals surface area contributed by atoms with Crippen LogP contribution in [0.15, 0.2) is 88.9 Å². The summed E-state index contributed by atoms with van der Waals surface area (Å²) in [7, 11) is 0. The van der Waals surface area contributed by atoms with E-state index in [9.17, 15) is 14.0 Å². The maximum Gasteiger partial charge on any atom is 0.322 e. The van der Waals surface area contributed by atoms with E-state index in [1.54, 1.807) is 18.2 Å². The molecule has 0 saturated carbocycles. The highest BCUT2D eigenvalue weighted by molar-refractivity contribution is 6.21. The first-order chi connectivity index (χ1) is 14.6. The second-order valence-electron chi connectivity index (χ2n) is 6.90. The Hall–Kier alpha value is -3.87. The number of carbonyl (C=O) groups is 2. The van der Waals surface area contributed by atoms with Gasteiger partial charge >= 0.3 is 6.03 Å². The van der Waals surface area contributed by atoms with Crippen molar-refractivity contribution in [1.29, 1.82) is 0 Å². The Bertz CT molecular complexity index is 1070. The highest BCUT2D eigenvalue weighted by Crippen LogP contribution is 2.18. The van der Waals surface area contributed by atoms with Gasteiger partial charge in [0.25, 0.3) is 5.91 Å². The van der Waals surface area contributed by atoms with Crippen LogP contribution >= 0.6 is 0 Å². The monoisotopic (exact) mass is 402 g/mol. The Balaban J connectivity index is 1.55. The van der Waals surface area contributed by atoms with Crippen molar-refractivity contribution in [2.75, 3.05) is 11.9 Å². The molecule has 0 fully saturated rings. The van der Waals surface area contributed by atoms with E-state index in [2.05, 4.69) is 15.3 Å². The van der Waals surface area contributed by atoms with Crippen LogP contribution < -0.4 is 5.32 Å². The van der Waals surface area contributed by atoms with Crippen molar-refractivity contribution in [1.82, 2.24) is 4.90 Å². The van der Waals surface area contributed by atoms with Crippen LogP contribution in [0.25, 0.3) is 0 Å². The lowest BCUT2D eigenvalue weighted by Crippen LogP contribution is -2.40. The van der Waals surface area contributed by atoms with Gasteiger partial charge in [-0.25, -0.2) is 14.2 Å². The highest BCUT2D eigenvalue weighted by Gasteiger charge is 2.27. The molecular weight excluding hydrogens is 383 g/mol. The lowest BCUT2D eigenvalue weighted by atomic mass is 9.96. The number of nitrogens with one attached hydrogen (secondary N) is 1. The Morgan fingerprint density at radius 2 is 1.77 bits per heavy atom. The van der Waals surface area contributed by atoms with Gasteiger partial charge in [0, 0.05) is 12.2 Å². The molecule has 1 N–H and O–H groups in total. The van der Waals surface area contributed by atoms with Gasteiger partial charge in [0.15, 0.2) is 5.84 Å². The first-order valence-electron chi connectivity index (χ1n) is 9.49. The molecule has 0 radical (unpaired) electrons. The Kier molecular flexibility index (Phi) is 5.61. The smallest absolute Gasteiger partial charge is 0.313 e. The van der Waals surface area contributed by atoms with E-state index in [0.717, 1.165) is 5.56 Å². The summed E-state index contributed by atoms with van der Waals surface area (Å²) in [6.45, 7) is 0.354. The number of fused-ring (bicyclic) bond motifs is 1. The summed E-state index contributed by atoms with van der Waals surface area (Å²) < 4.78 is 13.2. The van der Waals surface area contributed by atoms with Crippen LogP contribution in [0.3, 0.4) is 0 Å². The Morgan fingerprint density at radius 1 is 1.00 bits per heavy atom. The number of aliphatic imine (C=N–C) groups is 2. The zero-order valence-corrected chi connectivity index (χ0v) is 16.0. The molecule has 2 aliphatic rings. The molecule has 1 aliphatic heterocycles. The Labute approximate surface area is 173 Å². The molecule has 4 rings (SSSR count). The number of nitrogens with zero attached hydrogens (tertiary/aromatic N) is 3. The van der Waals surface area contributed by atoms with Gasteiger partial charge in [-0.15, -0.1) is 0 Å². The van der Waals surface area contributed by atoms with Crippen molar-refractivity contribution >= 4 is 29.2 Å². The fourth-order valence-corrected chi connectivity index (χ4v) is 3.20. The van der Waals surface area contributed by atoms with E-state index >= 15 is 0 Å². The standard InChI is InChI=1S/C23H19FN4O2/c24-17-10-12-18(13-11-17)25-23(30)28(14-16-6-2-1-3-7-16)15-21-26-20-9-5-4-8-19(20)22(29)27-21/h1-13,19H,14-15H2,(H,25,30). The number of halogens is 1. The van der Waals surface area contributed by atoms with Crippen LogP contribution in [0.4, 0.5) is 14.9 Å². The van der Waals surface area contributed by atoms with E-state index in [4.69, 9.17) is 0 Å². The molecule has 0 spiro atoms. The van der Waals surface area contributed by atoms with Crippen LogP contribution in [0.2, 0.25) is 0 Å². The molecule has 30 heavy (non-hydrogen) atoms. The first-order valence-corrected chi connectivity index (χ1v) is 9.49. The minimum absolute atomic E-state index is 0.0570. The van der Waals surface area contributed by atoms with Gasteiger partial charge in [0.05, 0.1) is 12.3 Å². The molecule has 1 aliphatic carbocycles. The molecule has 0 bridgehead atoms. The van der Waals surface area contributed by atoms with Crippen molar-refractivity contribution in [2.45, 2.75) is 6.54 Å². The van der Waals surface area contributed by atoms with Gasteiger partial charge in [0.2, 0.25) is 0 Å². The van der Waals surface area contributed by atoms with Gasteiger partial charge in [-0.05, 0) is 35.9 Å². The largest absolute Gasteiger partial charge is 0.322 e. The maximum atomic E-state index is 13.2. The van der Waals surface area contributed by atoms with Crippen LogP contribution in [-0.4, -0.2) is 34.9 Å². The maximum absolute atomic E-state index is 13.2. The van der Waals surface area contributed by atoms with Crippen LogP contribution in [0.1, 0.15) is 5.56 Å². The van der Waals surface area contributed by atoms with Crippen LogP contribution in [-0.2, 0) is 11.3 Å².